The van der Waals surface area contributed by atoms with Crippen LogP contribution >= 0.6 is 0 Å². The van der Waals surface area contributed by atoms with Gasteiger partial charge in [-0.15, -0.1) is 0 Å². The molecule has 0 aliphatic carbocycles. The maximum Gasteiger partial charge on any atom is 0.224 e. The van der Waals surface area contributed by atoms with E-state index in [1.807, 2.05) is 24.3 Å². The number of nitrogens with one attached hydrogen (secondary N) is 2. The SMILES string of the molecule is COc1ccccc1CCNc1ccnc(NC(C)(C)C)n1. The molecule has 22 heavy (non-hydrogen) atoms. The zero-order chi connectivity index (χ0) is 16.0. The Morgan fingerprint density at radius 2 is 1.91 bits per heavy atom. The number of hydrogen-bond acceptors (Lipinski definition) is 5. The van der Waals surface area contributed by atoms with Gasteiger partial charge in [0.2, 0.25) is 5.95 Å². The van der Waals surface area contributed by atoms with Gasteiger partial charge in [0.25, 0.3) is 0 Å². The van der Waals surface area contributed by atoms with Gasteiger partial charge in [-0.25, -0.2) is 4.98 Å². The fraction of sp³-hybridized carbons (Fsp3) is 0.412. The summed E-state index contributed by atoms with van der Waals surface area (Å²) in [6.07, 6.45) is 2.63. The van der Waals surface area contributed by atoms with Gasteiger partial charge in [-0.05, 0) is 44.9 Å². The maximum atomic E-state index is 5.36. The first kappa shape index (κ1) is 16.1. The van der Waals surface area contributed by atoms with E-state index >= 15 is 0 Å². The number of ether oxygens (including phenoxy) is 1. The first-order valence-corrected chi connectivity index (χ1v) is 7.45. The van der Waals surface area contributed by atoms with Crippen LogP contribution in [-0.4, -0.2) is 29.2 Å². The standard InChI is InChI=1S/C17H24N4O/c1-17(2,3)21-16-19-12-10-15(20-16)18-11-9-13-7-5-6-8-14(13)22-4/h5-8,10,12H,9,11H2,1-4H3,(H2,18,19,20,21). The molecule has 1 aromatic heterocycles. The molecule has 0 unspecified atom stereocenters. The molecule has 0 aliphatic heterocycles. The largest absolute Gasteiger partial charge is 0.496 e. The Morgan fingerprint density at radius 1 is 1.14 bits per heavy atom. The van der Waals surface area contributed by atoms with Crippen molar-refractivity contribution < 1.29 is 4.74 Å². The van der Waals surface area contributed by atoms with E-state index in [0.29, 0.717) is 5.95 Å². The predicted molar refractivity (Wildman–Crippen MR) is 90.6 cm³/mol. The maximum absolute atomic E-state index is 5.36. The lowest BCUT2D eigenvalue weighted by Gasteiger charge is -2.20. The van der Waals surface area contributed by atoms with Gasteiger partial charge in [-0.2, -0.15) is 4.98 Å². The Bertz CT molecular complexity index is 608. The van der Waals surface area contributed by atoms with Crippen LogP contribution in [0.1, 0.15) is 26.3 Å². The fourth-order valence-electron chi connectivity index (χ4n) is 2.09. The van der Waals surface area contributed by atoms with Crippen LogP contribution in [-0.2, 0) is 6.42 Å². The van der Waals surface area contributed by atoms with Gasteiger partial charge in [-0.3, -0.25) is 0 Å². The molecule has 0 atom stereocenters. The molecule has 0 aliphatic rings. The number of hydrogen-bond donors (Lipinski definition) is 2. The Hall–Kier alpha value is -2.30. The fourth-order valence-corrected chi connectivity index (χ4v) is 2.09. The smallest absolute Gasteiger partial charge is 0.224 e. The van der Waals surface area contributed by atoms with Crippen LogP contribution in [0.4, 0.5) is 11.8 Å². The van der Waals surface area contributed by atoms with Crippen molar-refractivity contribution >= 4 is 11.8 Å². The molecule has 0 fully saturated rings. The van der Waals surface area contributed by atoms with Crippen molar-refractivity contribution in [3.05, 3.63) is 42.1 Å². The molecule has 2 N–H and O–H groups in total. The van der Waals surface area contributed by atoms with Gasteiger partial charge in [0.15, 0.2) is 0 Å². The van der Waals surface area contributed by atoms with Crippen molar-refractivity contribution in [3.63, 3.8) is 0 Å². The first-order valence-electron chi connectivity index (χ1n) is 7.45. The number of rotatable bonds is 6. The average molecular weight is 300 g/mol. The summed E-state index contributed by atoms with van der Waals surface area (Å²) in [4.78, 5) is 8.70. The van der Waals surface area contributed by atoms with Gasteiger partial charge in [-0.1, -0.05) is 18.2 Å². The summed E-state index contributed by atoms with van der Waals surface area (Å²) < 4.78 is 5.36. The summed E-state index contributed by atoms with van der Waals surface area (Å²) in [7, 11) is 1.70. The lowest BCUT2D eigenvalue weighted by Crippen LogP contribution is -2.27. The van der Waals surface area contributed by atoms with Crippen LogP contribution in [0, 0.1) is 0 Å². The second kappa shape index (κ2) is 7.11. The molecule has 5 heteroatoms. The van der Waals surface area contributed by atoms with Crippen molar-refractivity contribution in [2.75, 3.05) is 24.3 Å². The number of para-hydroxylation sites is 1. The van der Waals surface area contributed by atoms with E-state index in [1.54, 1.807) is 13.3 Å². The van der Waals surface area contributed by atoms with Crippen molar-refractivity contribution in [3.8, 4) is 5.75 Å². The highest BCUT2D eigenvalue weighted by atomic mass is 16.5. The van der Waals surface area contributed by atoms with Gasteiger partial charge >= 0.3 is 0 Å². The summed E-state index contributed by atoms with van der Waals surface area (Å²) in [6.45, 7) is 7.03. The first-order chi connectivity index (χ1) is 10.5. The van der Waals surface area contributed by atoms with Gasteiger partial charge < -0.3 is 15.4 Å². The zero-order valence-corrected chi connectivity index (χ0v) is 13.7. The molecule has 118 valence electrons. The average Bonchev–Trinajstić information content (AvgIpc) is 2.46. The number of benzene rings is 1. The Kier molecular flexibility index (Phi) is 5.20. The highest BCUT2D eigenvalue weighted by Crippen LogP contribution is 2.18. The summed E-state index contributed by atoms with van der Waals surface area (Å²) >= 11 is 0. The molecular formula is C17H24N4O. The zero-order valence-electron chi connectivity index (χ0n) is 13.7. The van der Waals surface area contributed by atoms with Crippen molar-refractivity contribution in [1.29, 1.82) is 0 Å². The third-order valence-corrected chi connectivity index (χ3v) is 3.04. The minimum absolute atomic E-state index is 0.0595. The lowest BCUT2D eigenvalue weighted by molar-refractivity contribution is 0.410. The summed E-state index contributed by atoms with van der Waals surface area (Å²) in [6, 6.07) is 9.92. The quantitative estimate of drug-likeness (QED) is 0.856. The molecule has 2 aromatic rings. The van der Waals surface area contributed by atoms with Crippen LogP contribution < -0.4 is 15.4 Å². The number of anilines is 2. The van der Waals surface area contributed by atoms with E-state index in [4.69, 9.17) is 4.74 Å². The molecule has 1 aromatic carbocycles. The van der Waals surface area contributed by atoms with E-state index in [9.17, 15) is 0 Å². The number of aromatic nitrogens is 2. The van der Waals surface area contributed by atoms with Gasteiger partial charge in [0.1, 0.15) is 11.6 Å². The molecule has 0 radical (unpaired) electrons. The van der Waals surface area contributed by atoms with Crippen LogP contribution in [0.15, 0.2) is 36.5 Å². The van der Waals surface area contributed by atoms with Gasteiger partial charge in [0.05, 0.1) is 7.11 Å². The van der Waals surface area contributed by atoms with Crippen LogP contribution in [0.2, 0.25) is 0 Å². The normalized spacial score (nSPS) is 11.1. The molecule has 5 nitrogen and oxygen atoms in total. The predicted octanol–water partition coefficient (Wildman–Crippen LogP) is 3.35. The van der Waals surface area contributed by atoms with Crippen LogP contribution in [0.5, 0.6) is 5.75 Å². The second-order valence-corrected chi connectivity index (χ2v) is 6.13. The number of methoxy groups -OCH3 is 1. The summed E-state index contributed by atoms with van der Waals surface area (Å²) in [5.41, 5.74) is 1.12. The minimum atomic E-state index is -0.0595. The Balaban J connectivity index is 1.93. The Morgan fingerprint density at radius 3 is 2.64 bits per heavy atom. The monoisotopic (exact) mass is 300 g/mol. The van der Waals surface area contributed by atoms with Crippen molar-refractivity contribution in [2.45, 2.75) is 32.7 Å². The number of nitrogens with zero attached hydrogens (tertiary/aromatic N) is 2. The molecule has 0 saturated heterocycles. The van der Waals surface area contributed by atoms with E-state index in [2.05, 4.69) is 47.4 Å². The van der Waals surface area contributed by atoms with E-state index in [0.717, 1.165) is 24.5 Å². The van der Waals surface area contributed by atoms with Crippen LogP contribution in [0.25, 0.3) is 0 Å². The third-order valence-electron chi connectivity index (χ3n) is 3.04. The van der Waals surface area contributed by atoms with Crippen LogP contribution in [0.3, 0.4) is 0 Å². The lowest BCUT2D eigenvalue weighted by atomic mass is 10.1. The van der Waals surface area contributed by atoms with E-state index in [-0.39, 0.29) is 5.54 Å². The molecule has 2 rings (SSSR count). The summed E-state index contributed by atoms with van der Waals surface area (Å²) in [5, 5.41) is 6.59. The topological polar surface area (TPSA) is 59.1 Å². The molecule has 0 spiro atoms. The minimum Gasteiger partial charge on any atom is -0.496 e. The molecule has 0 bridgehead atoms. The van der Waals surface area contributed by atoms with Gasteiger partial charge in [0, 0.05) is 18.3 Å². The van der Waals surface area contributed by atoms with Crippen molar-refractivity contribution in [1.82, 2.24) is 9.97 Å². The second-order valence-electron chi connectivity index (χ2n) is 6.13. The molecule has 0 saturated carbocycles. The molecule has 1 heterocycles. The van der Waals surface area contributed by atoms with Crippen molar-refractivity contribution in [2.24, 2.45) is 0 Å². The molecular weight excluding hydrogens is 276 g/mol. The highest BCUT2D eigenvalue weighted by molar-refractivity contribution is 5.41. The summed E-state index contributed by atoms with van der Waals surface area (Å²) in [5.74, 6) is 2.37. The highest BCUT2D eigenvalue weighted by Gasteiger charge is 2.11. The Labute approximate surface area is 132 Å². The molecule has 0 amide bonds. The third kappa shape index (κ3) is 4.91. The van der Waals surface area contributed by atoms with E-state index < -0.39 is 0 Å². The van der Waals surface area contributed by atoms with E-state index in [1.165, 1.54) is 5.56 Å².